The first-order chi connectivity index (χ1) is 10.1. The van der Waals surface area contributed by atoms with Gasteiger partial charge < -0.3 is 15.2 Å². The summed E-state index contributed by atoms with van der Waals surface area (Å²) >= 11 is 0. The number of aromatic nitrogens is 2. The first-order valence-electron chi connectivity index (χ1n) is 8.22. The maximum Gasteiger partial charge on any atom is 0.252 e. The van der Waals surface area contributed by atoms with Crippen molar-refractivity contribution in [2.24, 2.45) is 5.92 Å². The van der Waals surface area contributed by atoms with Crippen LogP contribution in [0.25, 0.3) is 0 Å². The molecule has 2 heterocycles. The zero-order valence-electron chi connectivity index (χ0n) is 13.1. The lowest BCUT2D eigenvalue weighted by molar-refractivity contribution is 0.375. The van der Waals surface area contributed by atoms with Crippen molar-refractivity contribution in [1.82, 2.24) is 15.3 Å². The van der Waals surface area contributed by atoms with Crippen LogP contribution in [0.5, 0.6) is 0 Å². The van der Waals surface area contributed by atoms with Crippen LogP contribution in [0.15, 0.2) is 10.9 Å². The summed E-state index contributed by atoms with van der Waals surface area (Å²) < 4.78 is 0. The molecule has 1 aliphatic heterocycles. The lowest BCUT2D eigenvalue weighted by Gasteiger charge is -2.31. The number of piperidine rings is 1. The Bertz CT molecular complexity index is 529. The number of H-pyrrole nitrogens is 1. The molecule has 1 aliphatic carbocycles. The van der Waals surface area contributed by atoms with Gasteiger partial charge in [0.05, 0.1) is 0 Å². The first-order valence-corrected chi connectivity index (χ1v) is 8.22. The molecule has 116 valence electrons. The van der Waals surface area contributed by atoms with Gasteiger partial charge in [-0.15, -0.1) is 0 Å². The molecule has 2 fully saturated rings. The Kier molecular flexibility index (Phi) is 4.29. The zero-order valence-corrected chi connectivity index (χ0v) is 13.1. The Balaban J connectivity index is 1.81. The second kappa shape index (κ2) is 6.18. The highest BCUT2D eigenvalue weighted by atomic mass is 16.1. The third-order valence-electron chi connectivity index (χ3n) is 4.43. The fourth-order valence-corrected chi connectivity index (χ4v) is 3.06. The number of hydrogen-bond donors (Lipinski definition) is 2. The molecule has 2 N–H and O–H groups in total. The van der Waals surface area contributed by atoms with Gasteiger partial charge in [-0.05, 0) is 44.7 Å². The predicted molar refractivity (Wildman–Crippen MR) is 84.9 cm³/mol. The van der Waals surface area contributed by atoms with E-state index in [4.69, 9.17) is 4.98 Å². The van der Waals surface area contributed by atoms with Crippen LogP contribution in [0, 0.1) is 5.92 Å². The summed E-state index contributed by atoms with van der Waals surface area (Å²) in [6.45, 7) is 7.37. The van der Waals surface area contributed by atoms with Gasteiger partial charge >= 0.3 is 0 Å². The van der Waals surface area contributed by atoms with Crippen LogP contribution < -0.4 is 15.8 Å². The Morgan fingerprint density at radius 1 is 1.38 bits per heavy atom. The third kappa shape index (κ3) is 3.64. The quantitative estimate of drug-likeness (QED) is 0.869. The van der Waals surface area contributed by atoms with Gasteiger partial charge in [0.1, 0.15) is 11.6 Å². The van der Waals surface area contributed by atoms with Crippen LogP contribution in [0.4, 0.5) is 5.82 Å². The van der Waals surface area contributed by atoms with Gasteiger partial charge in [-0.3, -0.25) is 4.79 Å². The normalized spacial score (nSPS) is 22.5. The number of rotatable bonds is 5. The van der Waals surface area contributed by atoms with Gasteiger partial charge in [-0.25, -0.2) is 4.98 Å². The van der Waals surface area contributed by atoms with Crippen molar-refractivity contribution in [3.05, 3.63) is 22.2 Å². The molecule has 21 heavy (non-hydrogen) atoms. The molecule has 0 radical (unpaired) electrons. The Morgan fingerprint density at radius 2 is 2.19 bits per heavy atom. The van der Waals surface area contributed by atoms with Gasteiger partial charge in [-0.1, -0.05) is 13.8 Å². The number of aromatic amines is 1. The van der Waals surface area contributed by atoms with Crippen molar-refractivity contribution < 1.29 is 0 Å². The molecule has 0 aromatic carbocycles. The minimum Gasteiger partial charge on any atom is -0.353 e. The molecule has 1 aromatic rings. The van der Waals surface area contributed by atoms with E-state index in [9.17, 15) is 4.79 Å². The molecule has 1 aromatic heterocycles. The molecule has 5 nitrogen and oxygen atoms in total. The van der Waals surface area contributed by atoms with Crippen molar-refractivity contribution in [1.29, 1.82) is 0 Å². The average Bonchev–Trinajstić information content (AvgIpc) is 3.29. The summed E-state index contributed by atoms with van der Waals surface area (Å²) in [6, 6.07) is 2.25. The van der Waals surface area contributed by atoms with Gasteiger partial charge in [-0.2, -0.15) is 0 Å². The second-order valence-corrected chi connectivity index (χ2v) is 6.74. The second-order valence-electron chi connectivity index (χ2n) is 6.74. The number of nitrogens with zero attached hydrogens (tertiary/aromatic N) is 2. The molecule has 1 saturated heterocycles. The highest BCUT2D eigenvalue weighted by Gasteiger charge is 2.32. The van der Waals surface area contributed by atoms with Gasteiger partial charge in [0.15, 0.2) is 0 Å². The molecule has 0 spiro atoms. The van der Waals surface area contributed by atoms with Crippen LogP contribution in [0.1, 0.15) is 51.3 Å². The Morgan fingerprint density at radius 3 is 2.81 bits per heavy atom. The standard InChI is InChI=1S/C16H26N4O/c1-11(2)16-18-14(8-15(21)19-16)20(13-5-6-13)10-12-4-3-7-17-9-12/h8,11-13,17H,3-7,9-10H2,1-2H3,(H,18,19,21). The van der Waals surface area contributed by atoms with Crippen LogP contribution in [0.3, 0.4) is 0 Å². The fraction of sp³-hybridized carbons (Fsp3) is 0.750. The van der Waals surface area contributed by atoms with Crippen molar-refractivity contribution in [3.63, 3.8) is 0 Å². The molecule has 1 atom stereocenters. The SMILES string of the molecule is CC(C)c1nc(N(CC2CCCNC2)C2CC2)cc(=O)[nH]1. The molecule has 5 heteroatoms. The van der Waals surface area contributed by atoms with Crippen molar-refractivity contribution in [2.75, 3.05) is 24.5 Å². The van der Waals surface area contributed by atoms with E-state index < -0.39 is 0 Å². The maximum absolute atomic E-state index is 11.9. The zero-order chi connectivity index (χ0) is 14.8. The Hall–Kier alpha value is -1.36. The maximum atomic E-state index is 11.9. The summed E-state index contributed by atoms with van der Waals surface area (Å²) in [7, 11) is 0. The van der Waals surface area contributed by atoms with Gasteiger partial charge in [0.25, 0.3) is 5.56 Å². The predicted octanol–water partition coefficient (Wildman–Crippen LogP) is 1.86. The number of nitrogens with one attached hydrogen (secondary N) is 2. The topological polar surface area (TPSA) is 61.0 Å². The molecular formula is C16H26N4O. The van der Waals surface area contributed by atoms with Crippen LogP contribution in [-0.2, 0) is 0 Å². The molecule has 1 unspecified atom stereocenters. The largest absolute Gasteiger partial charge is 0.353 e. The van der Waals surface area contributed by atoms with Gasteiger partial charge in [0, 0.05) is 24.6 Å². The molecule has 2 aliphatic rings. The lowest BCUT2D eigenvalue weighted by Crippen LogP contribution is -2.40. The summed E-state index contributed by atoms with van der Waals surface area (Å²) in [6.07, 6.45) is 4.98. The molecule has 0 amide bonds. The van der Waals surface area contributed by atoms with Crippen LogP contribution in [-0.4, -0.2) is 35.6 Å². The summed E-state index contributed by atoms with van der Waals surface area (Å²) in [5.74, 6) is 2.58. The van der Waals surface area contributed by atoms with Gasteiger partial charge in [0.2, 0.25) is 0 Å². The van der Waals surface area contributed by atoms with E-state index in [0.717, 1.165) is 31.3 Å². The van der Waals surface area contributed by atoms with E-state index in [1.165, 1.54) is 25.7 Å². The minimum absolute atomic E-state index is 0.0314. The van der Waals surface area contributed by atoms with E-state index in [0.29, 0.717) is 12.0 Å². The lowest BCUT2D eigenvalue weighted by atomic mass is 9.99. The smallest absolute Gasteiger partial charge is 0.252 e. The summed E-state index contributed by atoms with van der Waals surface area (Å²) in [5.41, 5.74) is -0.0314. The Labute approximate surface area is 126 Å². The first kappa shape index (κ1) is 14.6. The number of anilines is 1. The monoisotopic (exact) mass is 290 g/mol. The molecule has 3 rings (SSSR count). The average molecular weight is 290 g/mol. The van der Waals surface area contributed by atoms with Crippen molar-refractivity contribution >= 4 is 5.82 Å². The minimum atomic E-state index is -0.0314. The van der Waals surface area contributed by atoms with E-state index in [1.807, 2.05) is 0 Å². The van der Waals surface area contributed by atoms with Crippen LogP contribution in [0.2, 0.25) is 0 Å². The summed E-state index contributed by atoms with van der Waals surface area (Å²) in [4.78, 5) is 21.9. The number of hydrogen-bond acceptors (Lipinski definition) is 4. The molecule has 1 saturated carbocycles. The van der Waals surface area contributed by atoms with Crippen molar-refractivity contribution in [3.8, 4) is 0 Å². The summed E-state index contributed by atoms with van der Waals surface area (Å²) in [5, 5.41) is 3.48. The van der Waals surface area contributed by atoms with E-state index in [-0.39, 0.29) is 11.5 Å². The van der Waals surface area contributed by atoms with E-state index >= 15 is 0 Å². The highest BCUT2D eigenvalue weighted by Crippen LogP contribution is 2.32. The third-order valence-corrected chi connectivity index (χ3v) is 4.43. The highest BCUT2D eigenvalue weighted by molar-refractivity contribution is 5.41. The van der Waals surface area contributed by atoms with E-state index in [2.05, 4.69) is 29.0 Å². The molecule has 0 bridgehead atoms. The van der Waals surface area contributed by atoms with E-state index in [1.54, 1.807) is 6.07 Å². The van der Waals surface area contributed by atoms with Crippen LogP contribution >= 0.6 is 0 Å². The molecular weight excluding hydrogens is 264 g/mol. The van der Waals surface area contributed by atoms with Crippen molar-refractivity contribution in [2.45, 2.75) is 51.5 Å². The fourth-order valence-electron chi connectivity index (χ4n) is 3.06.